The molecule has 0 bridgehead atoms. The molecule has 3 aromatic carbocycles. The first-order valence-electron chi connectivity index (χ1n) is 10.9. The number of hydrogen-bond donors (Lipinski definition) is 1. The highest BCUT2D eigenvalue weighted by Crippen LogP contribution is 2.34. The van der Waals surface area contributed by atoms with Gasteiger partial charge in [-0.1, -0.05) is 29.3 Å². The molecule has 0 saturated carbocycles. The molecule has 35 heavy (non-hydrogen) atoms. The van der Waals surface area contributed by atoms with Crippen LogP contribution in [0.2, 0.25) is 10.0 Å². The third kappa shape index (κ3) is 4.87. The Labute approximate surface area is 212 Å². The number of benzene rings is 3. The van der Waals surface area contributed by atoms with Crippen molar-refractivity contribution in [2.75, 3.05) is 5.32 Å². The molecule has 0 atom stereocenters. The number of nitrogens with one attached hydrogen (secondary N) is 1. The summed E-state index contributed by atoms with van der Waals surface area (Å²) in [5.41, 5.74) is 6.07. The second-order valence-corrected chi connectivity index (χ2v) is 8.91. The highest BCUT2D eigenvalue weighted by Gasteiger charge is 2.11. The second-order valence-electron chi connectivity index (χ2n) is 8.13. The Kier molecular flexibility index (Phi) is 6.20. The number of carbonyl (C=O) groups is 1. The molecule has 5 aromatic rings. The summed E-state index contributed by atoms with van der Waals surface area (Å²) in [7, 11) is 0. The van der Waals surface area contributed by atoms with Crippen LogP contribution in [0.3, 0.4) is 0 Å². The van der Waals surface area contributed by atoms with Crippen molar-refractivity contribution in [2.45, 2.75) is 13.8 Å². The van der Waals surface area contributed by atoms with Crippen LogP contribution in [-0.4, -0.2) is 10.9 Å². The second kappa shape index (κ2) is 9.45. The van der Waals surface area contributed by atoms with Gasteiger partial charge in [0.2, 0.25) is 11.8 Å². The molecule has 1 N–H and O–H groups in total. The molecule has 5 nitrogen and oxygen atoms in total. The fourth-order valence-corrected chi connectivity index (χ4v) is 4.02. The van der Waals surface area contributed by atoms with Crippen molar-refractivity contribution >= 4 is 52.0 Å². The van der Waals surface area contributed by atoms with E-state index in [0.29, 0.717) is 38.7 Å². The van der Waals surface area contributed by atoms with Crippen LogP contribution in [0, 0.1) is 13.8 Å². The summed E-state index contributed by atoms with van der Waals surface area (Å²) in [5.74, 6) is 1.33. The molecule has 7 heteroatoms. The average molecular weight is 503 g/mol. The minimum Gasteiger partial charge on any atom is -0.457 e. The summed E-state index contributed by atoms with van der Waals surface area (Å²) < 4.78 is 11.7. The van der Waals surface area contributed by atoms with E-state index in [2.05, 4.69) is 17.2 Å². The Morgan fingerprint density at radius 2 is 1.71 bits per heavy atom. The van der Waals surface area contributed by atoms with E-state index in [9.17, 15) is 4.79 Å². The first-order valence-corrected chi connectivity index (χ1v) is 11.6. The lowest BCUT2D eigenvalue weighted by molar-refractivity contribution is -0.111. The van der Waals surface area contributed by atoms with Crippen molar-refractivity contribution in [1.82, 2.24) is 4.98 Å². The fourth-order valence-electron chi connectivity index (χ4n) is 3.62. The van der Waals surface area contributed by atoms with Gasteiger partial charge in [-0.05, 0) is 91.7 Å². The highest BCUT2D eigenvalue weighted by molar-refractivity contribution is 6.43. The van der Waals surface area contributed by atoms with E-state index in [1.165, 1.54) is 11.6 Å². The number of halogens is 2. The van der Waals surface area contributed by atoms with Crippen molar-refractivity contribution in [3.05, 3.63) is 99.7 Å². The number of oxazole rings is 1. The molecule has 0 aliphatic heterocycles. The molecule has 174 valence electrons. The van der Waals surface area contributed by atoms with Gasteiger partial charge in [0.05, 0.1) is 10.0 Å². The molecule has 5 rings (SSSR count). The van der Waals surface area contributed by atoms with Crippen molar-refractivity contribution < 1.29 is 13.6 Å². The van der Waals surface area contributed by atoms with Crippen LogP contribution in [0.15, 0.2) is 81.6 Å². The van der Waals surface area contributed by atoms with Gasteiger partial charge in [0.25, 0.3) is 0 Å². The minimum atomic E-state index is -0.288. The van der Waals surface area contributed by atoms with Crippen LogP contribution in [0.25, 0.3) is 40.0 Å². The van der Waals surface area contributed by atoms with Crippen LogP contribution >= 0.6 is 23.2 Å². The molecule has 0 saturated heterocycles. The quantitative estimate of drug-likeness (QED) is 0.245. The number of furan rings is 1. The van der Waals surface area contributed by atoms with Crippen molar-refractivity contribution in [1.29, 1.82) is 0 Å². The molecule has 2 aromatic heterocycles. The maximum Gasteiger partial charge on any atom is 0.248 e. The lowest BCUT2D eigenvalue weighted by Crippen LogP contribution is -2.07. The molecule has 0 fully saturated rings. The predicted octanol–water partition coefficient (Wildman–Crippen LogP) is 8.33. The predicted molar refractivity (Wildman–Crippen MR) is 141 cm³/mol. The third-order valence-electron chi connectivity index (χ3n) is 5.65. The molecule has 0 unspecified atom stereocenters. The zero-order valence-corrected chi connectivity index (χ0v) is 20.4. The molecule has 2 heterocycles. The SMILES string of the molecule is Cc1cc2nc(-c3ccc(NC(=O)C=Cc4ccc(-c5cccc(Cl)c5Cl)o4)cc3)oc2cc1C. The van der Waals surface area contributed by atoms with Gasteiger partial charge in [-0.2, -0.15) is 0 Å². The Morgan fingerprint density at radius 3 is 2.51 bits per heavy atom. The number of amides is 1. The van der Waals surface area contributed by atoms with E-state index < -0.39 is 0 Å². The van der Waals surface area contributed by atoms with Gasteiger partial charge in [-0.25, -0.2) is 4.98 Å². The highest BCUT2D eigenvalue weighted by atomic mass is 35.5. The maximum absolute atomic E-state index is 12.4. The maximum atomic E-state index is 12.4. The van der Waals surface area contributed by atoms with E-state index in [-0.39, 0.29) is 5.91 Å². The Hall–Kier alpha value is -3.80. The molecule has 0 spiro atoms. The zero-order valence-electron chi connectivity index (χ0n) is 18.9. The Balaban J connectivity index is 1.25. The third-order valence-corrected chi connectivity index (χ3v) is 6.47. The summed E-state index contributed by atoms with van der Waals surface area (Å²) in [4.78, 5) is 17.0. The Bertz CT molecular complexity index is 1540. The summed E-state index contributed by atoms with van der Waals surface area (Å²) in [5, 5.41) is 3.70. The standard InChI is InChI=1S/C28H20Cl2N2O3/c1-16-14-23-25(15-17(16)2)35-28(32-23)18-6-8-19(9-7-18)31-26(33)13-11-20-10-12-24(34-20)21-4-3-5-22(29)27(21)30/h3-15H,1-2H3,(H,31,33). The van der Waals surface area contributed by atoms with Gasteiger partial charge in [0, 0.05) is 22.9 Å². The van der Waals surface area contributed by atoms with Gasteiger partial charge in [0.1, 0.15) is 17.0 Å². The van der Waals surface area contributed by atoms with Crippen LogP contribution in [-0.2, 0) is 4.79 Å². The molecule has 0 aliphatic rings. The van der Waals surface area contributed by atoms with Crippen LogP contribution < -0.4 is 5.32 Å². The number of fused-ring (bicyclic) bond motifs is 1. The fraction of sp³-hybridized carbons (Fsp3) is 0.0714. The molecule has 0 aliphatic carbocycles. The monoisotopic (exact) mass is 502 g/mol. The van der Waals surface area contributed by atoms with Crippen molar-refractivity contribution in [2.24, 2.45) is 0 Å². The normalized spacial score (nSPS) is 11.4. The van der Waals surface area contributed by atoms with E-state index in [0.717, 1.165) is 22.2 Å². The number of rotatable bonds is 5. The zero-order chi connectivity index (χ0) is 24.5. The molecular formula is C28H20Cl2N2O3. The number of anilines is 1. The lowest BCUT2D eigenvalue weighted by atomic mass is 10.1. The van der Waals surface area contributed by atoms with E-state index in [1.807, 2.05) is 37.3 Å². The van der Waals surface area contributed by atoms with Crippen LogP contribution in [0.5, 0.6) is 0 Å². The van der Waals surface area contributed by atoms with Gasteiger partial charge in [-0.3, -0.25) is 4.79 Å². The number of aromatic nitrogens is 1. The largest absolute Gasteiger partial charge is 0.457 e. The topological polar surface area (TPSA) is 68.3 Å². The van der Waals surface area contributed by atoms with Crippen molar-refractivity contribution in [3.63, 3.8) is 0 Å². The average Bonchev–Trinajstić information content (AvgIpc) is 3.47. The first-order chi connectivity index (χ1) is 16.9. The first kappa shape index (κ1) is 23.0. The van der Waals surface area contributed by atoms with Crippen molar-refractivity contribution in [3.8, 4) is 22.8 Å². The van der Waals surface area contributed by atoms with E-state index in [4.69, 9.17) is 32.0 Å². The molecule has 0 radical (unpaired) electrons. The lowest BCUT2D eigenvalue weighted by Gasteiger charge is -2.03. The van der Waals surface area contributed by atoms with Gasteiger partial charge < -0.3 is 14.2 Å². The summed E-state index contributed by atoms with van der Waals surface area (Å²) in [6.45, 7) is 4.09. The number of nitrogens with zero attached hydrogens (tertiary/aromatic N) is 1. The van der Waals surface area contributed by atoms with Gasteiger partial charge in [0.15, 0.2) is 5.58 Å². The smallest absolute Gasteiger partial charge is 0.248 e. The number of carbonyl (C=O) groups excluding carboxylic acids is 1. The summed E-state index contributed by atoms with van der Waals surface area (Å²) >= 11 is 12.3. The summed E-state index contributed by atoms with van der Waals surface area (Å²) in [6.07, 6.45) is 3.00. The van der Waals surface area contributed by atoms with E-state index in [1.54, 1.807) is 42.5 Å². The molecular weight excluding hydrogens is 483 g/mol. The van der Waals surface area contributed by atoms with Crippen LogP contribution in [0.4, 0.5) is 5.69 Å². The summed E-state index contributed by atoms with van der Waals surface area (Å²) in [6, 6.07) is 20.2. The minimum absolute atomic E-state index is 0.288. The molecule has 1 amide bonds. The van der Waals surface area contributed by atoms with E-state index >= 15 is 0 Å². The number of hydrogen-bond acceptors (Lipinski definition) is 4. The Morgan fingerprint density at radius 1 is 0.943 bits per heavy atom. The van der Waals surface area contributed by atoms with Gasteiger partial charge >= 0.3 is 0 Å². The van der Waals surface area contributed by atoms with Crippen LogP contribution in [0.1, 0.15) is 16.9 Å². The van der Waals surface area contributed by atoms with Gasteiger partial charge in [-0.15, -0.1) is 0 Å². The number of aryl methyl sites for hydroxylation is 2.